The van der Waals surface area contributed by atoms with Crippen LogP contribution in [0.3, 0.4) is 0 Å². The fraction of sp³-hybridized carbons (Fsp3) is 0. The van der Waals surface area contributed by atoms with Gasteiger partial charge in [-0.05, 0) is 15.9 Å². The largest absolute Gasteiger partial charge is 0.275 e. The van der Waals surface area contributed by atoms with Crippen molar-refractivity contribution >= 4 is 21.6 Å². The fourth-order valence-corrected chi connectivity index (χ4v) is 1.18. The van der Waals surface area contributed by atoms with Crippen LogP contribution in [0.4, 0.5) is 0 Å². The normalized spacial score (nSPS) is 10.6. The molecule has 0 saturated carbocycles. The number of aromatic amines is 1. The Balaban J connectivity index is 3.02. The maximum absolute atomic E-state index is 11.1. The van der Waals surface area contributed by atoms with Gasteiger partial charge in [0.2, 0.25) is 0 Å². The smallest absolute Gasteiger partial charge is 0.267 e. The Hall–Kier alpha value is -1.17. The van der Waals surface area contributed by atoms with Crippen LogP contribution in [0.1, 0.15) is 0 Å². The summed E-state index contributed by atoms with van der Waals surface area (Å²) in [6.07, 6.45) is 1.48. The van der Waals surface area contributed by atoms with Gasteiger partial charge in [0, 0.05) is 6.07 Å². The van der Waals surface area contributed by atoms with E-state index in [1.807, 2.05) is 0 Å². The number of aromatic nitrogens is 4. The number of hydrogen-bond acceptors (Lipinski definition) is 3. The summed E-state index contributed by atoms with van der Waals surface area (Å²) in [5, 5.41) is 6.14. The number of H-pyrrole nitrogens is 1. The lowest BCUT2D eigenvalue weighted by Crippen LogP contribution is -2.13. The topological polar surface area (TPSA) is 63.0 Å². The van der Waals surface area contributed by atoms with Crippen molar-refractivity contribution in [3.05, 3.63) is 27.2 Å². The van der Waals surface area contributed by atoms with E-state index in [-0.39, 0.29) is 5.56 Å². The van der Waals surface area contributed by atoms with Crippen LogP contribution in [-0.2, 0) is 0 Å². The van der Waals surface area contributed by atoms with Gasteiger partial charge in [0.15, 0.2) is 5.65 Å². The van der Waals surface area contributed by atoms with E-state index in [0.29, 0.717) is 10.3 Å². The molecule has 0 spiro atoms. The summed E-state index contributed by atoms with van der Waals surface area (Å²) in [7, 11) is 0. The molecule has 0 aromatic carbocycles. The molecular weight excluding hydrogens is 212 g/mol. The molecule has 0 fully saturated rings. The highest BCUT2D eigenvalue weighted by Gasteiger charge is 1.99. The van der Waals surface area contributed by atoms with Crippen LogP contribution >= 0.6 is 15.9 Å². The van der Waals surface area contributed by atoms with Gasteiger partial charge >= 0.3 is 0 Å². The lowest BCUT2D eigenvalue weighted by Gasteiger charge is -1.89. The summed E-state index contributed by atoms with van der Waals surface area (Å²) in [4.78, 5) is 15.1. The zero-order valence-corrected chi connectivity index (χ0v) is 6.87. The zero-order chi connectivity index (χ0) is 7.84. The first-order chi connectivity index (χ1) is 5.27. The molecule has 1 N–H and O–H groups in total. The number of nitrogens with zero attached hydrogens (tertiary/aromatic N) is 3. The Kier molecular flexibility index (Phi) is 1.28. The van der Waals surface area contributed by atoms with Crippen LogP contribution in [-0.4, -0.2) is 19.8 Å². The van der Waals surface area contributed by atoms with Crippen LogP contribution in [0.2, 0.25) is 0 Å². The van der Waals surface area contributed by atoms with Gasteiger partial charge in [0.1, 0.15) is 4.60 Å². The zero-order valence-electron chi connectivity index (χ0n) is 5.28. The van der Waals surface area contributed by atoms with Crippen molar-refractivity contribution in [2.45, 2.75) is 0 Å². The van der Waals surface area contributed by atoms with Gasteiger partial charge in [-0.3, -0.25) is 4.79 Å². The molecule has 56 valence electrons. The molecule has 5 nitrogen and oxygen atoms in total. The molecule has 2 rings (SSSR count). The van der Waals surface area contributed by atoms with E-state index in [2.05, 4.69) is 31.2 Å². The van der Waals surface area contributed by atoms with Crippen molar-refractivity contribution in [2.24, 2.45) is 0 Å². The van der Waals surface area contributed by atoms with Gasteiger partial charge in [-0.25, -0.2) is 10.2 Å². The summed E-state index contributed by atoms with van der Waals surface area (Å²) in [5.41, 5.74) is 0.323. The van der Waals surface area contributed by atoms with E-state index in [1.54, 1.807) is 0 Å². The summed E-state index contributed by atoms with van der Waals surface area (Å²) >= 11 is 3.10. The molecule has 11 heavy (non-hydrogen) atoms. The predicted molar refractivity (Wildman–Crippen MR) is 41.3 cm³/mol. The van der Waals surface area contributed by atoms with E-state index in [0.717, 1.165) is 0 Å². The molecule has 0 aliphatic rings. The van der Waals surface area contributed by atoms with Crippen molar-refractivity contribution in [3.8, 4) is 0 Å². The standard InChI is InChI=1S/C5H3BrN4O/c6-3-1-5(11)10-4(8-3)2-7-9-10/h1-2,9H. The number of hydrogen-bond donors (Lipinski definition) is 1. The Morgan fingerprint density at radius 3 is 3.27 bits per heavy atom. The highest BCUT2D eigenvalue weighted by molar-refractivity contribution is 9.10. The second-order valence-electron chi connectivity index (χ2n) is 1.97. The maximum Gasteiger partial charge on any atom is 0.275 e. The Bertz CT molecular complexity index is 445. The first kappa shape index (κ1) is 6.53. The van der Waals surface area contributed by atoms with Gasteiger partial charge in [-0.15, -0.1) is 0 Å². The minimum atomic E-state index is -0.181. The van der Waals surface area contributed by atoms with Crippen molar-refractivity contribution in [3.63, 3.8) is 0 Å². The third-order valence-electron chi connectivity index (χ3n) is 1.25. The number of nitrogens with one attached hydrogen (secondary N) is 1. The maximum atomic E-state index is 11.1. The predicted octanol–water partition coefficient (Wildman–Crippen LogP) is 0.180. The number of halogens is 1. The minimum absolute atomic E-state index is 0.181. The first-order valence-corrected chi connectivity index (χ1v) is 3.65. The second kappa shape index (κ2) is 2.16. The molecule has 0 amide bonds. The van der Waals surface area contributed by atoms with Crippen molar-refractivity contribution < 1.29 is 0 Å². The third kappa shape index (κ3) is 0.949. The highest BCUT2D eigenvalue weighted by Crippen LogP contribution is 2.01. The summed E-state index contributed by atoms with van der Waals surface area (Å²) in [5.74, 6) is 0. The van der Waals surface area contributed by atoms with Crippen molar-refractivity contribution in [2.75, 3.05) is 0 Å². The van der Waals surface area contributed by atoms with Gasteiger partial charge < -0.3 is 0 Å². The quantitative estimate of drug-likeness (QED) is 0.637. The monoisotopic (exact) mass is 214 g/mol. The van der Waals surface area contributed by atoms with E-state index in [1.165, 1.54) is 16.8 Å². The minimum Gasteiger partial charge on any atom is -0.267 e. The van der Waals surface area contributed by atoms with E-state index in [4.69, 9.17) is 0 Å². The molecule has 0 unspecified atom stereocenters. The Labute approximate surface area is 69.2 Å². The van der Waals surface area contributed by atoms with Crippen molar-refractivity contribution in [1.29, 1.82) is 0 Å². The summed E-state index contributed by atoms with van der Waals surface area (Å²) in [6, 6.07) is 1.37. The lowest BCUT2D eigenvalue weighted by molar-refractivity contribution is 0.817. The van der Waals surface area contributed by atoms with Gasteiger partial charge in [-0.2, -0.15) is 9.61 Å². The second-order valence-corrected chi connectivity index (χ2v) is 2.78. The lowest BCUT2D eigenvalue weighted by atomic mass is 10.6. The van der Waals surface area contributed by atoms with Crippen molar-refractivity contribution in [1.82, 2.24) is 19.8 Å². The SMILES string of the molecule is O=c1cc(Br)nc2cn[nH]n12. The molecule has 0 bridgehead atoms. The average Bonchev–Trinajstić information content (AvgIpc) is 2.34. The third-order valence-corrected chi connectivity index (χ3v) is 1.66. The number of rotatable bonds is 0. The summed E-state index contributed by atoms with van der Waals surface area (Å²) in [6.45, 7) is 0. The molecule has 0 atom stereocenters. The first-order valence-electron chi connectivity index (χ1n) is 2.86. The summed E-state index contributed by atoms with van der Waals surface area (Å²) < 4.78 is 1.77. The van der Waals surface area contributed by atoms with Crippen LogP contribution in [0.25, 0.3) is 5.65 Å². The van der Waals surface area contributed by atoms with E-state index < -0.39 is 0 Å². The molecule has 2 aromatic rings. The Morgan fingerprint density at radius 2 is 2.45 bits per heavy atom. The molecule has 0 saturated heterocycles. The van der Waals surface area contributed by atoms with Crippen LogP contribution in [0.15, 0.2) is 21.7 Å². The van der Waals surface area contributed by atoms with Crippen LogP contribution in [0, 0.1) is 0 Å². The molecule has 0 radical (unpaired) electrons. The molecule has 2 aromatic heterocycles. The molecular formula is C5H3BrN4O. The molecule has 6 heteroatoms. The Morgan fingerprint density at radius 1 is 1.64 bits per heavy atom. The average molecular weight is 215 g/mol. The van der Waals surface area contributed by atoms with Gasteiger partial charge in [-0.1, -0.05) is 0 Å². The molecule has 0 aliphatic heterocycles. The van der Waals surface area contributed by atoms with Gasteiger partial charge in [0.25, 0.3) is 5.56 Å². The van der Waals surface area contributed by atoms with Crippen LogP contribution in [0.5, 0.6) is 0 Å². The van der Waals surface area contributed by atoms with Crippen LogP contribution < -0.4 is 5.56 Å². The fourth-order valence-electron chi connectivity index (χ4n) is 0.802. The molecule has 0 aliphatic carbocycles. The molecule has 2 heterocycles. The van der Waals surface area contributed by atoms with E-state index in [9.17, 15) is 4.79 Å². The highest BCUT2D eigenvalue weighted by atomic mass is 79.9. The number of fused-ring (bicyclic) bond motifs is 1. The van der Waals surface area contributed by atoms with Gasteiger partial charge in [0.05, 0.1) is 6.20 Å². The van der Waals surface area contributed by atoms with E-state index >= 15 is 0 Å².